The van der Waals surface area contributed by atoms with Crippen LogP contribution in [0.3, 0.4) is 0 Å². The number of sulfonamides is 1. The number of anilines is 2. The molecule has 0 aromatic carbocycles. The summed E-state index contributed by atoms with van der Waals surface area (Å²) in [5.74, 6) is 5.16. The summed E-state index contributed by atoms with van der Waals surface area (Å²) in [6.45, 7) is 1.07. The molecular weight excluding hydrogens is 506 g/mol. The summed E-state index contributed by atoms with van der Waals surface area (Å²) < 4.78 is 106. The zero-order valence-electron chi connectivity index (χ0n) is 17.8. The quantitative estimate of drug-likeness (QED) is 0.457. The van der Waals surface area contributed by atoms with Crippen molar-refractivity contribution in [2.24, 2.45) is 0 Å². The number of hydrogen-bond donors (Lipinski definition) is 2. The van der Waals surface area contributed by atoms with Gasteiger partial charge in [-0.05, 0) is 19.1 Å². The van der Waals surface area contributed by atoms with Gasteiger partial charge < -0.3 is 15.7 Å². The lowest BCUT2D eigenvalue weighted by Gasteiger charge is -2.38. The fourth-order valence-corrected chi connectivity index (χ4v) is 4.73. The number of nitrogen functional groups attached to an aromatic ring is 1. The van der Waals surface area contributed by atoms with E-state index < -0.39 is 39.6 Å². The Morgan fingerprint density at radius 3 is 2.11 bits per heavy atom. The second-order valence-corrected chi connectivity index (χ2v) is 9.30. The Hall–Kier alpha value is -3.16. The largest absolute Gasteiger partial charge is 0.430 e. The van der Waals surface area contributed by atoms with E-state index in [4.69, 9.17) is 5.73 Å². The topological polar surface area (TPSA) is 126 Å². The van der Waals surface area contributed by atoms with E-state index in [0.717, 1.165) is 10.5 Å². The van der Waals surface area contributed by atoms with Crippen LogP contribution in [0.4, 0.5) is 38.1 Å². The van der Waals surface area contributed by atoms with Crippen molar-refractivity contribution in [2.75, 3.05) is 30.3 Å². The van der Waals surface area contributed by atoms with Gasteiger partial charge in [0.2, 0.25) is 16.0 Å². The van der Waals surface area contributed by atoms with Crippen LogP contribution >= 0.6 is 0 Å². The third-order valence-corrected chi connectivity index (χ3v) is 7.03. The number of aliphatic hydroxyl groups is 1. The number of aromatic nitrogens is 3. The van der Waals surface area contributed by atoms with Crippen molar-refractivity contribution in [3.05, 3.63) is 36.3 Å². The minimum Gasteiger partial charge on any atom is -0.384 e. The highest BCUT2D eigenvalue weighted by molar-refractivity contribution is 7.89. The summed E-state index contributed by atoms with van der Waals surface area (Å²) in [4.78, 5) is 12.1. The summed E-state index contributed by atoms with van der Waals surface area (Å²) in [6.07, 6.45) is -10.6. The van der Waals surface area contributed by atoms with Crippen LogP contribution in [0.15, 0.2) is 35.6 Å². The number of piperazine rings is 1. The molecule has 0 radical (unpaired) electrons. The molecule has 190 valence electrons. The maximum absolute atomic E-state index is 13.1. The van der Waals surface area contributed by atoms with Crippen LogP contribution in [0.5, 0.6) is 0 Å². The number of hydrogen-bond acceptors (Lipinski definition) is 8. The molecule has 3 rings (SSSR count). The zero-order valence-corrected chi connectivity index (χ0v) is 18.7. The highest BCUT2D eigenvalue weighted by Crippen LogP contribution is 2.49. The van der Waals surface area contributed by atoms with Crippen molar-refractivity contribution >= 4 is 21.8 Å². The monoisotopic (exact) mass is 524 g/mol. The van der Waals surface area contributed by atoms with Gasteiger partial charge >= 0.3 is 12.4 Å². The molecule has 3 N–H and O–H groups in total. The van der Waals surface area contributed by atoms with Crippen LogP contribution in [0, 0.1) is 11.8 Å². The summed E-state index contributed by atoms with van der Waals surface area (Å²) >= 11 is 0. The summed E-state index contributed by atoms with van der Waals surface area (Å²) in [5.41, 5.74) is -1.30. The standard InChI is InChI=1S/C19H18F6N6O3S/c1-2-3-13-11-30(35(33,34)14-4-5-15(26)27-10-14)6-7-31(13)16-28-8-12(9-29-16)17(32,18(20,21)22)19(23,24)25/h4-5,8-10,13,32H,6-7,11H2,1H3,(H2,26,27)/t13-/m0/s1. The molecule has 1 fully saturated rings. The van der Waals surface area contributed by atoms with Gasteiger partial charge in [-0.2, -0.15) is 30.6 Å². The zero-order chi connectivity index (χ0) is 26.2. The molecule has 9 nitrogen and oxygen atoms in total. The Labute approximate surface area is 195 Å². The Morgan fingerprint density at radius 2 is 1.63 bits per heavy atom. The molecule has 16 heteroatoms. The lowest BCUT2D eigenvalue weighted by Crippen LogP contribution is -2.55. The molecular formula is C19H18F6N6O3S. The fraction of sp³-hybridized carbons (Fsp3) is 0.421. The molecule has 0 aliphatic carbocycles. The third-order valence-electron chi connectivity index (χ3n) is 5.18. The van der Waals surface area contributed by atoms with Crippen LogP contribution < -0.4 is 10.6 Å². The van der Waals surface area contributed by atoms with Gasteiger partial charge in [0.15, 0.2) is 0 Å². The van der Waals surface area contributed by atoms with Crippen LogP contribution in [-0.2, 0) is 15.6 Å². The minimum absolute atomic E-state index is 0.0802. The molecule has 0 amide bonds. The van der Waals surface area contributed by atoms with Crippen molar-refractivity contribution < 1.29 is 39.9 Å². The molecule has 3 heterocycles. The van der Waals surface area contributed by atoms with Gasteiger partial charge in [-0.15, -0.1) is 5.92 Å². The highest BCUT2D eigenvalue weighted by Gasteiger charge is 2.71. The second kappa shape index (κ2) is 9.13. The van der Waals surface area contributed by atoms with Crippen molar-refractivity contribution in [2.45, 2.75) is 35.8 Å². The predicted octanol–water partition coefficient (Wildman–Crippen LogP) is 1.67. The van der Waals surface area contributed by atoms with Gasteiger partial charge in [-0.1, -0.05) is 5.92 Å². The van der Waals surface area contributed by atoms with E-state index in [1.165, 1.54) is 24.0 Å². The number of rotatable bonds is 4. The third kappa shape index (κ3) is 4.83. The van der Waals surface area contributed by atoms with Gasteiger partial charge in [0, 0.05) is 43.8 Å². The molecule has 2 aromatic heterocycles. The first-order valence-electron chi connectivity index (χ1n) is 9.72. The number of nitrogens with zero attached hydrogens (tertiary/aromatic N) is 5. The van der Waals surface area contributed by atoms with Gasteiger partial charge in [-0.3, -0.25) is 0 Å². The van der Waals surface area contributed by atoms with E-state index in [9.17, 15) is 39.9 Å². The van der Waals surface area contributed by atoms with Crippen molar-refractivity contribution in [3.63, 3.8) is 0 Å². The lowest BCUT2D eigenvalue weighted by molar-refractivity contribution is -0.376. The summed E-state index contributed by atoms with van der Waals surface area (Å²) in [5, 5.41) is 9.49. The average molecular weight is 524 g/mol. The smallest absolute Gasteiger partial charge is 0.384 e. The first-order valence-corrected chi connectivity index (χ1v) is 11.2. The number of halogens is 6. The van der Waals surface area contributed by atoms with Crippen molar-refractivity contribution in [1.82, 2.24) is 19.3 Å². The Balaban J connectivity index is 1.89. The van der Waals surface area contributed by atoms with Gasteiger partial charge in [0.25, 0.3) is 5.60 Å². The molecule has 0 bridgehead atoms. The predicted molar refractivity (Wildman–Crippen MR) is 110 cm³/mol. The number of alkyl halides is 6. The molecule has 1 aliphatic rings. The van der Waals surface area contributed by atoms with Crippen LogP contribution in [0.2, 0.25) is 0 Å². The lowest BCUT2D eigenvalue weighted by atomic mass is 9.95. The molecule has 35 heavy (non-hydrogen) atoms. The van der Waals surface area contributed by atoms with E-state index in [0.29, 0.717) is 0 Å². The molecule has 0 spiro atoms. The van der Waals surface area contributed by atoms with Crippen LogP contribution in [-0.4, -0.2) is 70.8 Å². The van der Waals surface area contributed by atoms with Gasteiger partial charge in [0.05, 0.1) is 0 Å². The fourth-order valence-electron chi connectivity index (χ4n) is 3.34. The molecule has 1 atom stereocenters. The number of pyridine rings is 1. The normalized spacial score (nSPS) is 18.2. The Bertz CT molecular complexity index is 1210. The first-order chi connectivity index (χ1) is 16.1. The molecule has 0 unspecified atom stereocenters. The van der Waals surface area contributed by atoms with Crippen molar-refractivity contribution in [3.8, 4) is 11.8 Å². The highest BCUT2D eigenvalue weighted by atomic mass is 32.2. The van der Waals surface area contributed by atoms with Gasteiger partial charge in [-0.25, -0.2) is 23.4 Å². The summed E-state index contributed by atoms with van der Waals surface area (Å²) in [6, 6.07) is 1.71. The maximum Gasteiger partial charge on any atom is 0.430 e. The van der Waals surface area contributed by atoms with E-state index in [2.05, 4.69) is 26.8 Å². The Kier molecular flexibility index (Phi) is 6.90. The molecule has 2 aromatic rings. The van der Waals surface area contributed by atoms with Crippen molar-refractivity contribution in [1.29, 1.82) is 0 Å². The van der Waals surface area contributed by atoms with E-state index >= 15 is 0 Å². The van der Waals surface area contributed by atoms with E-state index in [1.54, 1.807) is 0 Å². The minimum atomic E-state index is -6.08. The van der Waals surface area contributed by atoms with Crippen LogP contribution in [0.25, 0.3) is 0 Å². The average Bonchev–Trinajstić information content (AvgIpc) is 2.77. The molecule has 1 aliphatic heterocycles. The first kappa shape index (κ1) is 26.4. The summed E-state index contributed by atoms with van der Waals surface area (Å²) in [7, 11) is -4.00. The second-order valence-electron chi connectivity index (χ2n) is 7.36. The molecule has 1 saturated heterocycles. The number of nitrogens with two attached hydrogens (primary N) is 1. The van der Waals surface area contributed by atoms with E-state index in [-0.39, 0.29) is 48.7 Å². The van der Waals surface area contributed by atoms with Crippen LogP contribution in [0.1, 0.15) is 12.5 Å². The van der Waals surface area contributed by atoms with Gasteiger partial charge in [0.1, 0.15) is 16.8 Å². The SMILES string of the molecule is CC#C[C@H]1CN(S(=O)(=O)c2ccc(N)nc2)CCN1c1ncc(C(O)(C(F)(F)F)C(F)(F)F)cn1. The molecule has 0 saturated carbocycles. The Morgan fingerprint density at radius 1 is 1.03 bits per heavy atom. The van der Waals surface area contributed by atoms with E-state index in [1.807, 2.05) is 0 Å². The maximum atomic E-state index is 13.1.